The molecule has 1 aromatic carbocycles. The summed E-state index contributed by atoms with van der Waals surface area (Å²) < 4.78 is 0. The third kappa shape index (κ3) is 2.58. The van der Waals surface area contributed by atoms with Crippen molar-refractivity contribution in [2.75, 3.05) is 11.5 Å². The number of amides is 1. The number of para-hydroxylation sites is 1. The fraction of sp³-hybridized carbons (Fsp3) is 0.250. The van der Waals surface area contributed by atoms with Crippen molar-refractivity contribution in [3.05, 3.63) is 30.3 Å². The molecule has 3 nitrogen and oxygen atoms in total. The number of nitrogens with zero attached hydrogens (tertiary/aromatic N) is 1. The van der Waals surface area contributed by atoms with Crippen LogP contribution in [-0.4, -0.2) is 23.7 Å². The molecule has 1 unspecified atom stereocenters. The van der Waals surface area contributed by atoms with Crippen LogP contribution in [0.25, 0.3) is 0 Å². The van der Waals surface area contributed by atoms with Crippen molar-refractivity contribution >= 4 is 11.6 Å². The molecule has 0 heterocycles. The molecule has 0 fully saturated rings. The van der Waals surface area contributed by atoms with Crippen molar-refractivity contribution in [2.45, 2.75) is 13.0 Å². The lowest BCUT2D eigenvalue weighted by Crippen LogP contribution is -2.39. The number of rotatable bonds is 3. The van der Waals surface area contributed by atoms with Crippen molar-refractivity contribution in [1.82, 2.24) is 0 Å². The molecule has 1 N–H and O–H groups in total. The van der Waals surface area contributed by atoms with Gasteiger partial charge in [-0.2, -0.15) is 0 Å². The number of anilines is 1. The van der Waals surface area contributed by atoms with E-state index >= 15 is 0 Å². The van der Waals surface area contributed by atoms with Gasteiger partial charge in [-0.15, -0.1) is 6.42 Å². The summed E-state index contributed by atoms with van der Waals surface area (Å²) in [4.78, 5) is 12.9. The molecule has 1 atom stereocenters. The number of carbonyl (C=O) groups excluding carboxylic acids is 1. The molecule has 1 amide bonds. The maximum atomic E-state index is 11.5. The van der Waals surface area contributed by atoms with E-state index < -0.39 is 12.5 Å². The first kappa shape index (κ1) is 11.3. The van der Waals surface area contributed by atoms with E-state index in [-0.39, 0.29) is 6.04 Å². The number of aliphatic hydroxyl groups excluding tert-OH is 1. The maximum Gasteiger partial charge on any atom is 0.253 e. The minimum Gasteiger partial charge on any atom is -0.387 e. The highest BCUT2D eigenvalue weighted by atomic mass is 16.3. The van der Waals surface area contributed by atoms with Gasteiger partial charge in [-0.3, -0.25) is 9.69 Å². The highest BCUT2D eigenvalue weighted by molar-refractivity contribution is 5.95. The Labute approximate surface area is 89.3 Å². The second-order valence-electron chi connectivity index (χ2n) is 3.10. The average molecular weight is 203 g/mol. The molecule has 1 aromatic rings. The third-order valence-electron chi connectivity index (χ3n) is 2.07. The fourth-order valence-corrected chi connectivity index (χ4v) is 1.32. The Hall–Kier alpha value is -1.79. The van der Waals surface area contributed by atoms with E-state index in [9.17, 15) is 4.79 Å². The Morgan fingerprint density at radius 2 is 2.13 bits per heavy atom. The number of aliphatic hydroxyl groups is 1. The van der Waals surface area contributed by atoms with Crippen LogP contribution in [0.1, 0.15) is 6.92 Å². The van der Waals surface area contributed by atoms with E-state index in [0.717, 1.165) is 0 Å². The van der Waals surface area contributed by atoms with Gasteiger partial charge in [0.2, 0.25) is 0 Å². The summed E-state index contributed by atoms with van der Waals surface area (Å²) in [5.41, 5.74) is 0.696. The first-order valence-electron chi connectivity index (χ1n) is 4.64. The Bertz CT molecular complexity index is 367. The van der Waals surface area contributed by atoms with Gasteiger partial charge in [-0.05, 0) is 19.1 Å². The lowest BCUT2D eigenvalue weighted by atomic mass is 10.2. The lowest BCUT2D eigenvalue weighted by Gasteiger charge is -2.25. The fourth-order valence-electron chi connectivity index (χ4n) is 1.32. The van der Waals surface area contributed by atoms with Gasteiger partial charge in [-0.1, -0.05) is 24.1 Å². The van der Waals surface area contributed by atoms with Gasteiger partial charge >= 0.3 is 0 Å². The predicted molar refractivity (Wildman–Crippen MR) is 59.3 cm³/mol. The van der Waals surface area contributed by atoms with Gasteiger partial charge in [0.15, 0.2) is 0 Å². The second-order valence-corrected chi connectivity index (χ2v) is 3.10. The molecule has 0 bridgehead atoms. The van der Waals surface area contributed by atoms with Crippen LogP contribution in [0.2, 0.25) is 0 Å². The predicted octanol–water partition coefficient (Wildman–Crippen LogP) is 1.03. The number of benzene rings is 1. The van der Waals surface area contributed by atoms with Crippen molar-refractivity contribution in [3.8, 4) is 12.3 Å². The molecular weight excluding hydrogens is 190 g/mol. The first-order valence-corrected chi connectivity index (χ1v) is 4.64. The summed E-state index contributed by atoms with van der Waals surface area (Å²) in [7, 11) is 0. The molecule has 0 aliphatic rings. The molecule has 0 radical (unpaired) electrons. The topological polar surface area (TPSA) is 40.5 Å². The van der Waals surface area contributed by atoms with Crippen LogP contribution in [-0.2, 0) is 4.79 Å². The zero-order valence-corrected chi connectivity index (χ0v) is 8.55. The van der Waals surface area contributed by atoms with Crippen molar-refractivity contribution < 1.29 is 9.90 Å². The monoisotopic (exact) mass is 203 g/mol. The van der Waals surface area contributed by atoms with Crippen molar-refractivity contribution in [3.63, 3.8) is 0 Å². The molecule has 78 valence electrons. The van der Waals surface area contributed by atoms with E-state index in [1.807, 2.05) is 18.2 Å². The molecule has 0 saturated carbocycles. The Kier molecular flexibility index (Phi) is 3.90. The Balaban J connectivity index is 3.03. The standard InChI is InChI=1S/C12H13NO2/c1-3-10(2)13(12(15)9-14)11-7-5-4-6-8-11/h1,4-8,10,14H,9H2,2H3. The summed E-state index contributed by atoms with van der Waals surface area (Å²) >= 11 is 0. The highest BCUT2D eigenvalue weighted by Crippen LogP contribution is 2.16. The largest absolute Gasteiger partial charge is 0.387 e. The van der Waals surface area contributed by atoms with Crippen molar-refractivity contribution in [2.24, 2.45) is 0 Å². The van der Waals surface area contributed by atoms with E-state index in [4.69, 9.17) is 11.5 Å². The molecule has 1 rings (SSSR count). The number of terminal acetylenes is 1. The summed E-state index contributed by atoms with van der Waals surface area (Å²) in [5, 5.41) is 8.85. The zero-order chi connectivity index (χ0) is 11.3. The van der Waals surface area contributed by atoms with E-state index in [1.165, 1.54) is 4.90 Å². The molecule has 15 heavy (non-hydrogen) atoms. The lowest BCUT2D eigenvalue weighted by molar-refractivity contribution is -0.121. The molecule has 0 saturated heterocycles. The minimum atomic E-state index is -0.541. The summed E-state index contributed by atoms with van der Waals surface area (Å²) in [5.74, 6) is 2.08. The van der Waals surface area contributed by atoms with E-state index in [1.54, 1.807) is 19.1 Å². The van der Waals surface area contributed by atoms with Crippen LogP contribution in [0.15, 0.2) is 30.3 Å². The number of hydrogen-bond donors (Lipinski definition) is 1. The second kappa shape index (κ2) is 5.18. The van der Waals surface area contributed by atoms with Crippen LogP contribution in [0, 0.1) is 12.3 Å². The normalized spacial score (nSPS) is 11.5. The van der Waals surface area contributed by atoms with E-state index in [2.05, 4.69) is 5.92 Å². The first-order chi connectivity index (χ1) is 7.20. The maximum absolute atomic E-state index is 11.5. The van der Waals surface area contributed by atoms with Crippen LogP contribution in [0.5, 0.6) is 0 Å². The van der Waals surface area contributed by atoms with Gasteiger partial charge < -0.3 is 5.11 Å². The van der Waals surface area contributed by atoms with Crippen LogP contribution in [0.4, 0.5) is 5.69 Å². The van der Waals surface area contributed by atoms with Crippen LogP contribution in [0.3, 0.4) is 0 Å². The van der Waals surface area contributed by atoms with Gasteiger partial charge in [0.1, 0.15) is 6.61 Å². The zero-order valence-electron chi connectivity index (χ0n) is 8.55. The smallest absolute Gasteiger partial charge is 0.253 e. The summed E-state index contributed by atoms with van der Waals surface area (Å²) in [6, 6.07) is 8.67. The van der Waals surface area contributed by atoms with Gasteiger partial charge in [0, 0.05) is 5.69 Å². The Morgan fingerprint density at radius 1 is 1.53 bits per heavy atom. The van der Waals surface area contributed by atoms with Crippen molar-refractivity contribution in [1.29, 1.82) is 0 Å². The molecule has 0 aromatic heterocycles. The minimum absolute atomic E-state index is 0.368. The molecular formula is C12H13NO2. The number of hydrogen-bond acceptors (Lipinski definition) is 2. The highest BCUT2D eigenvalue weighted by Gasteiger charge is 2.18. The Morgan fingerprint density at radius 3 is 2.60 bits per heavy atom. The number of carbonyl (C=O) groups is 1. The quantitative estimate of drug-likeness (QED) is 0.745. The molecule has 3 heteroatoms. The van der Waals surface area contributed by atoms with Crippen LogP contribution >= 0.6 is 0 Å². The van der Waals surface area contributed by atoms with Gasteiger partial charge in [0.05, 0.1) is 6.04 Å². The molecule has 0 aliphatic carbocycles. The SMILES string of the molecule is C#CC(C)N(C(=O)CO)c1ccccc1. The molecule has 0 spiro atoms. The summed E-state index contributed by atoms with van der Waals surface area (Å²) in [6.07, 6.45) is 5.28. The molecule has 0 aliphatic heterocycles. The average Bonchev–Trinajstić information content (AvgIpc) is 2.30. The van der Waals surface area contributed by atoms with Crippen LogP contribution < -0.4 is 4.90 Å². The third-order valence-corrected chi connectivity index (χ3v) is 2.07. The van der Waals surface area contributed by atoms with Gasteiger partial charge in [-0.25, -0.2) is 0 Å². The van der Waals surface area contributed by atoms with E-state index in [0.29, 0.717) is 5.69 Å². The summed E-state index contributed by atoms with van der Waals surface area (Å²) in [6.45, 7) is 1.20. The van der Waals surface area contributed by atoms with Gasteiger partial charge in [0.25, 0.3) is 5.91 Å².